The van der Waals surface area contributed by atoms with Gasteiger partial charge < -0.3 is 10.5 Å². The highest BCUT2D eigenvalue weighted by Crippen LogP contribution is 2.21. The molecule has 2 rings (SSSR count). The van der Waals surface area contributed by atoms with Crippen molar-refractivity contribution in [2.24, 2.45) is 5.73 Å². The number of pyridine rings is 1. The summed E-state index contributed by atoms with van der Waals surface area (Å²) in [6.07, 6.45) is 2.60. The van der Waals surface area contributed by atoms with E-state index in [1.165, 1.54) is 0 Å². The number of halogens is 1. The highest BCUT2D eigenvalue weighted by Gasteiger charge is 2.10. The fraction of sp³-hybridized carbons (Fsp3) is 0.267. The maximum Gasteiger partial charge on any atom is 0.119 e. The van der Waals surface area contributed by atoms with Crippen LogP contribution in [0.1, 0.15) is 30.6 Å². The third-order valence-electron chi connectivity index (χ3n) is 2.78. The second-order valence-corrected chi connectivity index (χ2v) is 4.73. The van der Waals surface area contributed by atoms with Crippen molar-refractivity contribution >= 4 is 11.6 Å². The average molecular weight is 277 g/mol. The molecule has 4 heteroatoms. The van der Waals surface area contributed by atoms with Crippen molar-refractivity contribution in [3.63, 3.8) is 0 Å². The number of hydrogen-bond acceptors (Lipinski definition) is 3. The molecule has 100 valence electrons. The molecule has 0 saturated heterocycles. The van der Waals surface area contributed by atoms with Crippen molar-refractivity contribution in [3.05, 3.63) is 58.9 Å². The van der Waals surface area contributed by atoms with E-state index in [2.05, 4.69) is 11.9 Å². The number of benzene rings is 1. The second kappa shape index (κ2) is 6.55. The molecule has 0 aliphatic carbocycles. The summed E-state index contributed by atoms with van der Waals surface area (Å²) >= 11 is 5.81. The third kappa shape index (κ3) is 3.69. The Morgan fingerprint density at radius 3 is 2.53 bits per heavy atom. The summed E-state index contributed by atoms with van der Waals surface area (Å²) in [6.45, 7) is 2.81. The lowest BCUT2D eigenvalue weighted by atomic mass is 10.0. The molecule has 0 bridgehead atoms. The van der Waals surface area contributed by atoms with Crippen LogP contribution in [0.3, 0.4) is 0 Å². The molecule has 19 heavy (non-hydrogen) atoms. The second-order valence-electron chi connectivity index (χ2n) is 4.30. The normalized spacial score (nSPS) is 12.2. The van der Waals surface area contributed by atoms with Gasteiger partial charge >= 0.3 is 0 Å². The van der Waals surface area contributed by atoms with E-state index in [-0.39, 0.29) is 6.04 Å². The Morgan fingerprint density at radius 2 is 1.95 bits per heavy atom. The van der Waals surface area contributed by atoms with Crippen LogP contribution in [0, 0.1) is 0 Å². The lowest BCUT2D eigenvalue weighted by Gasteiger charge is -2.12. The molecule has 0 fully saturated rings. The molecule has 3 nitrogen and oxygen atoms in total. The Labute approximate surface area is 118 Å². The minimum atomic E-state index is -0.252. The van der Waals surface area contributed by atoms with Crippen LogP contribution in [-0.2, 0) is 0 Å². The number of nitrogens with zero attached hydrogens (tertiary/aromatic N) is 1. The summed E-state index contributed by atoms with van der Waals surface area (Å²) in [4.78, 5) is 4.24. The predicted molar refractivity (Wildman–Crippen MR) is 77.5 cm³/mol. The zero-order valence-corrected chi connectivity index (χ0v) is 11.6. The van der Waals surface area contributed by atoms with Crippen molar-refractivity contribution < 1.29 is 4.74 Å². The molecule has 0 spiro atoms. The molecule has 1 heterocycles. The van der Waals surface area contributed by atoms with Gasteiger partial charge in [-0.3, -0.25) is 4.98 Å². The zero-order chi connectivity index (χ0) is 13.7. The molecule has 1 atom stereocenters. The highest BCUT2D eigenvalue weighted by molar-refractivity contribution is 6.30. The molecule has 0 saturated carbocycles. The number of nitrogens with two attached hydrogens (primary N) is 1. The molecular weight excluding hydrogens is 260 g/mol. The van der Waals surface area contributed by atoms with Gasteiger partial charge in [-0.2, -0.15) is 0 Å². The van der Waals surface area contributed by atoms with Gasteiger partial charge in [0.2, 0.25) is 0 Å². The fourth-order valence-corrected chi connectivity index (χ4v) is 1.85. The minimum absolute atomic E-state index is 0.252. The maximum absolute atomic E-state index is 6.17. The van der Waals surface area contributed by atoms with Gasteiger partial charge in [-0.1, -0.05) is 30.7 Å². The SMILES string of the molecule is CCCOc1ccc(C(N)c2ccc(Cl)cn2)cc1. The van der Waals surface area contributed by atoms with Crippen LogP contribution < -0.4 is 10.5 Å². The van der Waals surface area contributed by atoms with E-state index in [0.717, 1.165) is 30.0 Å². The first-order valence-corrected chi connectivity index (χ1v) is 6.68. The number of ether oxygens (including phenoxy) is 1. The van der Waals surface area contributed by atoms with Crippen LogP contribution in [-0.4, -0.2) is 11.6 Å². The van der Waals surface area contributed by atoms with Crippen LogP contribution in [0.4, 0.5) is 0 Å². The molecular formula is C15H17ClN2O. The Morgan fingerprint density at radius 1 is 1.21 bits per heavy atom. The first kappa shape index (κ1) is 13.8. The van der Waals surface area contributed by atoms with E-state index in [9.17, 15) is 0 Å². The molecule has 0 aliphatic heterocycles. The van der Waals surface area contributed by atoms with E-state index in [4.69, 9.17) is 22.1 Å². The molecule has 1 aromatic carbocycles. The first-order valence-electron chi connectivity index (χ1n) is 6.30. The summed E-state index contributed by atoms with van der Waals surface area (Å²) in [6, 6.07) is 11.2. The largest absolute Gasteiger partial charge is 0.494 e. The number of rotatable bonds is 5. The third-order valence-corrected chi connectivity index (χ3v) is 3.00. The smallest absolute Gasteiger partial charge is 0.119 e. The molecule has 1 aromatic heterocycles. The first-order chi connectivity index (χ1) is 9.20. The molecule has 2 N–H and O–H groups in total. The molecule has 0 radical (unpaired) electrons. The molecule has 1 unspecified atom stereocenters. The summed E-state index contributed by atoms with van der Waals surface area (Å²) < 4.78 is 5.54. The van der Waals surface area contributed by atoms with Gasteiger partial charge in [0.15, 0.2) is 0 Å². The van der Waals surface area contributed by atoms with Crippen LogP contribution in [0.15, 0.2) is 42.6 Å². The summed E-state index contributed by atoms with van der Waals surface area (Å²) in [5.74, 6) is 0.863. The number of aromatic nitrogens is 1. The van der Waals surface area contributed by atoms with Crippen molar-refractivity contribution in [2.45, 2.75) is 19.4 Å². The Kier molecular flexibility index (Phi) is 4.77. The van der Waals surface area contributed by atoms with E-state index < -0.39 is 0 Å². The van der Waals surface area contributed by atoms with E-state index in [0.29, 0.717) is 5.02 Å². The van der Waals surface area contributed by atoms with Crippen molar-refractivity contribution in [1.82, 2.24) is 4.98 Å². The standard InChI is InChI=1S/C15H17ClN2O/c1-2-9-19-13-6-3-11(4-7-13)15(17)14-8-5-12(16)10-18-14/h3-8,10,15H,2,9,17H2,1H3. The molecule has 0 amide bonds. The van der Waals surface area contributed by atoms with Gasteiger partial charge in [0.05, 0.1) is 23.4 Å². The van der Waals surface area contributed by atoms with Crippen LogP contribution in [0.25, 0.3) is 0 Å². The van der Waals surface area contributed by atoms with Crippen LogP contribution in [0.5, 0.6) is 5.75 Å². The average Bonchev–Trinajstić information content (AvgIpc) is 2.46. The van der Waals surface area contributed by atoms with Crippen LogP contribution >= 0.6 is 11.6 Å². The van der Waals surface area contributed by atoms with Crippen molar-refractivity contribution in [1.29, 1.82) is 0 Å². The lowest BCUT2D eigenvalue weighted by Crippen LogP contribution is -2.13. The summed E-state index contributed by atoms with van der Waals surface area (Å²) in [5, 5.41) is 0.610. The minimum Gasteiger partial charge on any atom is -0.494 e. The van der Waals surface area contributed by atoms with Gasteiger partial charge in [0.1, 0.15) is 5.75 Å². The summed E-state index contributed by atoms with van der Waals surface area (Å²) in [5.41, 5.74) is 7.97. The van der Waals surface area contributed by atoms with Gasteiger partial charge in [0, 0.05) is 6.20 Å². The Bertz CT molecular complexity index is 511. The maximum atomic E-state index is 6.17. The molecule has 0 aliphatic rings. The topological polar surface area (TPSA) is 48.1 Å². The number of hydrogen-bond donors (Lipinski definition) is 1. The van der Waals surface area contributed by atoms with E-state index >= 15 is 0 Å². The molecule has 2 aromatic rings. The monoisotopic (exact) mass is 276 g/mol. The zero-order valence-electron chi connectivity index (χ0n) is 10.8. The van der Waals surface area contributed by atoms with E-state index in [1.54, 1.807) is 12.3 Å². The highest BCUT2D eigenvalue weighted by atomic mass is 35.5. The van der Waals surface area contributed by atoms with Crippen molar-refractivity contribution in [3.8, 4) is 5.75 Å². The van der Waals surface area contributed by atoms with E-state index in [1.807, 2.05) is 30.3 Å². The predicted octanol–water partition coefficient (Wildman–Crippen LogP) is 3.57. The van der Waals surface area contributed by atoms with Gasteiger partial charge in [0.25, 0.3) is 0 Å². The Hall–Kier alpha value is -1.58. The van der Waals surface area contributed by atoms with Gasteiger partial charge in [-0.05, 0) is 36.2 Å². The lowest BCUT2D eigenvalue weighted by molar-refractivity contribution is 0.317. The fourth-order valence-electron chi connectivity index (χ4n) is 1.73. The van der Waals surface area contributed by atoms with Gasteiger partial charge in [-0.15, -0.1) is 0 Å². The van der Waals surface area contributed by atoms with Crippen molar-refractivity contribution in [2.75, 3.05) is 6.61 Å². The van der Waals surface area contributed by atoms with Crippen LogP contribution in [0.2, 0.25) is 5.02 Å². The van der Waals surface area contributed by atoms with Gasteiger partial charge in [-0.25, -0.2) is 0 Å². The Balaban J connectivity index is 2.10. The summed E-state index contributed by atoms with van der Waals surface area (Å²) in [7, 11) is 0. The quantitative estimate of drug-likeness (QED) is 0.908.